The number of aromatic nitrogens is 3. The molecule has 4 aromatic rings. The van der Waals surface area contributed by atoms with E-state index in [0.717, 1.165) is 64.4 Å². The minimum atomic E-state index is -0.557. The van der Waals surface area contributed by atoms with Gasteiger partial charge in [-0.05, 0) is 75.1 Å². The molecule has 1 aliphatic carbocycles. The zero-order chi connectivity index (χ0) is 24.8. The van der Waals surface area contributed by atoms with Crippen LogP contribution >= 0.6 is 22.6 Å². The van der Waals surface area contributed by atoms with Crippen LogP contribution in [0.2, 0.25) is 0 Å². The van der Waals surface area contributed by atoms with Gasteiger partial charge in [-0.1, -0.05) is 54.6 Å². The highest BCUT2D eigenvalue weighted by Gasteiger charge is 2.41. The number of aryl methyl sites for hydroxylation is 2. The van der Waals surface area contributed by atoms with Gasteiger partial charge in [0.25, 0.3) is 0 Å². The van der Waals surface area contributed by atoms with E-state index >= 15 is 0 Å². The third-order valence-corrected chi connectivity index (χ3v) is 6.76. The zero-order valence-corrected chi connectivity index (χ0v) is 22.6. The van der Waals surface area contributed by atoms with Crippen LogP contribution in [0.1, 0.15) is 50.1 Å². The summed E-state index contributed by atoms with van der Waals surface area (Å²) in [5, 5.41) is 3.14. The van der Waals surface area contributed by atoms with Crippen LogP contribution in [-0.4, -0.2) is 24.1 Å². The molecule has 0 aliphatic heterocycles. The van der Waals surface area contributed by atoms with E-state index in [1.807, 2.05) is 52.1 Å². The first-order valence-corrected chi connectivity index (χ1v) is 13.0. The van der Waals surface area contributed by atoms with Gasteiger partial charge in [0.15, 0.2) is 9.25 Å². The van der Waals surface area contributed by atoms with Crippen molar-refractivity contribution in [1.29, 1.82) is 0 Å². The van der Waals surface area contributed by atoms with E-state index in [1.54, 1.807) is 0 Å². The smallest absolute Gasteiger partial charge is 0.409 e. The SMILES string of the molecule is Cc1cn2c(-c3ccccc3)c(-c3ccc(C4(NC(=O)OC(C)(C)I)CCC4)cc3)nc2c(C)n1. The Balaban J connectivity index is 1.54. The second kappa shape index (κ2) is 8.93. The van der Waals surface area contributed by atoms with E-state index in [4.69, 9.17) is 9.72 Å². The number of carbonyl (C=O) groups excluding carboxylic acids is 1. The minimum Gasteiger partial charge on any atom is -0.433 e. The highest BCUT2D eigenvalue weighted by molar-refractivity contribution is 14.1. The van der Waals surface area contributed by atoms with E-state index in [9.17, 15) is 4.79 Å². The molecule has 0 spiro atoms. The van der Waals surface area contributed by atoms with Gasteiger partial charge < -0.3 is 10.1 Å². The first-order valence-electron chi connectivity index (χ1n) is 11.9. The van der Waals surface area contributed by atoms with E-state index < -0.39 is 3.61 Å². The van der Waals surface area contributed by atoms with Crippen LogP contribution in [0.5, 0.6) is 0 Å². The van der Waals surface area contributed by atoms with Gasteiger partial charge in [0.2, 0.25) is 0 Å². The van der Waals surface area contributed by atoms with Crippen molar-refractivity contribution < 1.29 is 9.53 Å². The monoisotopic (exact) mass is 580 g/mol. The molecule has 1 amide bonds. The summed E-state index contributed by atoms with van der Waals surface area (Å²) < 4.78 is 7.11. The Morgan fingerprint density at radius 1 is 1.03 bits per heavy atom. The van der Waals surface area contributed by atoms with Crippen molar-refractivity contribution in [3.05, 3.63) is 77.7 Å². The standard InChI is InChI=1S/C28H29IN4O2/c1-18-17-33-24(21-9-6-5-7-10-21)23(31-25(33)19(2)30-18)20-11-13-22(14-12-20)28(15-8-16-28)32-26(34)35-27(3,4)29/h5-7,9-14,17H,8,15-16H2,1-4H3,(H,32,34). The Bertz CT molecular complexity index is 1380. The summed E-state index contributed by atoms with van der Waals surface area (Å²) in [6, 6.07) is 18.8. The van der Waals surface area contributed by atoms with Gasteiger partial charge >= 0.3 is 6.09 Å². The average Bonchev–Trinajstić information content (AvgIpc) is 3.15. The van der Waals surface area contributed by atoms with Gasteiger partial charge in [0.05, 0.1) is 28.3 Å². The molecule has 180 valence electrons. The molecule has 0 atom stereocenters. The van der Waals surface area contributed by atoms with Crippen LogP contribution in [0.3, 0.4) is 0 Å². The number of ether oxygens (including phenoxy) is 1. The molecule has 1 N–H and O–H groups in total. The van der Waals surface area contributed by atoms with Crippen molar-refractivity contribution in [3.63, 3.8) is 0 Å². The molecule has 35 heavy (non-hydrogen) atoms. The number of hydrogen-bond donors (Lipinski definition) is 1. The molecular weight excluding hydrogens is 551 g/mol. The summed E-state index contributed by atoms with van der Waals surface area (Å²) in [6.45, 7) is 7.74. The molecule has 7 heteroatoms. The predicted octanol–water partition coefficient (Wildman–Crippen LogP) is 6.96. The fraction of sp³-hybridized carbons (Fsp3) is 0.321. The van der Waals surface area contributed by atoms with Crippen molar-refractivity contribution in [1.82, 2.24) is 19.7 Å². The summed E-state index contributed by atoms with van der Waals surface area (Å²) in [4.78, 5) is 22.2. The van der Waals surface area contributed by atoms with Gasteiger partial charge in [-0.25, -0.2) is 9.78 Å². The maximum atomic E-state index is 12.5. The maximum absolute atomic E-state index is 12.5. The molecule has 1 aliphatic rings. The molecule has 0 radical (unpaired) electrons. The Labute approximate surface area is 219 Å². The molecule has 0 saturated heterocycles. The van der Waals surface area contributed by atoms with Crippen LogP contribution in [0.25, 0.3) is 28.2 Å². The predicted molar refractivity (Wildman–Crippen MR) is 147 cm³/mol. The maximum Gasteiger partial charge on any atom is 0.409 e. The molecule has 1 fully saturated rings. The Morgan fingerprint density at radius 3 is 2.31 bits per heavy atom. The largest absolute Gasteiger partial charge is 0.433 e. The Kier molecular flexibility index (Phi) is 6.07. The number of alkyl carbamates (subject to hydrolysis) is 1. The van der Waals surface area contributed by atoms with Gasteiger partial charge in [0.1, 0.15) is 0 Å². The van der Waals surface area contributed by atoms with Gasteiger partial charge in [0, 0.05) is 17.3 Å². The third kappa shape index (κ3) is 4.66. The normalized spacial score (nSPS) is 15.0. The molecule has 0 bridgehead atoms. The summed E-state index contributed by atoms with van der Waals surface area (Å²) >= 11 is 2.12. The number of rotatable bonds is 5. The van der Waals surface area contributed by atoms with Crippen LogP contribution < -0.4 is 5.32 Å². The lowest BCUT2D eigenvalue weighted by atomic mass is 9.71. The number of benzene rings is 2. The molecule has 2 aromatic heterocycles. The van der Waals surface area contributed by atoms with E-state index in [0.29, 0.717) is 0 Å². The lowest BCUT2D eigenvalue weighted by Gasteiger charge is -2.43. The number of carbonyl (C=O) groups is 1. The summed E-state index contributed by atoms with van der Waals surface area (Å²) in [6.07, 6.45) is 4.54. The molecule has 6 nitrogen and oxygen atoms in total. The quantitative estimate of drug-likeness (QED) is 0.205. The molecule has 5 rings (SSSR count). The minimum absolute atomic E-state index is 0.377. The van der Waals surface area contributed by atoms with Crippen molar-refractivity contribution in [3.8, 4) is 22.5 Å². The van der Waals surface area contributed by atoms with Crippen LogP contribution in [-0.2, 0) is 10.3 Å². The number of hydrogen-bond acceptors (Lipinski definition) is 4. The second-order valence-corrected chi connectivity index (χ2v) is 12.3. The summed E-state index contributed by atoms with van der Waals surface area (Å²) in [7, 11) is 0. The molecule has 2 aromatic carbocycles. The Morgan fingerprint density at radius 2 is 1.71 bits per heavy atom. The van der Waals surface area contributed by atoms with Crippen LogP contribution in [0.4, 0.5) is 4.79 Å². The molecule has 0 unspecified atom stereocenters. The van der Waals surface area contributed by atoms with Crippen molar-refractivity contribution >= 4 is 34.3 Å². The third-order valence-electron chi connectivity index (χ3n) is 6.54. The number of nitrogens with one attached hydrogen (secondary N) is 1. The highest BCUT2D eigenvalue weighted by atomic mass is 127. The number of nitrogens with zero attached hydrogens (tertiary/aromatic N) is 3. The lowest BCUT2D eigenvalue weighted by molar-refractivity contribution is 0.0819. The summed E-state index contributed by atoms with van der Waals surface area (Å²) in [5.74, 6) is 0. The number of halogens is 1. The first-order chi connectivity index (χ1) is 16.7. The van der Waals surface area contributed by atoms with E-state index in [-0.39, 0.29) is 11.6 Å². The first kappa shape index (κ1) is 23.8. The van der Waals surface area contributed by atoms with Gasteiger partial charge in [-0.15, -0.1) is 0 Å². The van der Waals surface area contributed by atoms with Crippen molar-refractivity contribution in [2.24, 2.45) is 0 Å². The fourth-order valence-corrected chi connectivity index (χ4v) is 5.02. The topological polar surface area (TPSA) is 68.5 Å². The van der Waals surface area contributed by atoms with Crippen molar-refractivity contribution in [2.45, 2.75) is 56.1 Å². The van der Waals surface area contributed by atoms with Crippen LogP contribution in [0, 0.1) is 13.8 Å². The molecular formula is C28H29IN4O2. The number of imidazole rings is 1. The fourth-order valence-electron chi connectivity index (χ4n) is 4.82. The van der Waals surface area contributed by atoms with Crippen LogP contribution in [0.15, 0.2) is 60.8 Å². The number of fused-ring (bicyclic) bond motifs is 1. The Hall–Kier alpha value is -2.94. The van der Waals surface area contributed by atoms with Gasteiger partial charge in [-0.2, -0.15) is 0 Å². The average molecular weight is 580 g/mol. The molecule has 2 heterocycles. The van der Waals surface area contributed by atoms with Crippen molar-refractivity contribution in [2.75, 3.05) is 0 Å². The van der Waals surface area contributed by atoms with E-state index in [2.05, 4.69) is 73.7 Å². The number of amides is 1. The highest BCUT2D eigenvalue weighted by Crippen LogP contribution is 2.42. The lowest BCUT2D eigenvalue weighted by Crippen LogP contribution is -2.51. The molecule has 1 saturated carbocycles. The summed E-state index contributed by atoms with van der Waals surface area (Å²) in [5.41, 5.74) is 7.51. The zero-order valence-electron chi connectivity index (χ0n) is 20.4. The van der Waals surface area contributed by atoms with E-state index in [1.165, 1.54) is 0 Å². The van der Waals surface area contributed by atoms with Gasteiger partial charge in [-0.3, -0.25) is 9.38 Å². The number of alkyl halides is 1. The second-order valence-electron chi connectivity index (χ2n) is 9.73.